The molecular formula is C15H23N3O3S. The largest absolute Gasteiger partial charge is 0.369 e. The van der Waals surface area contributed by atoms with Gasteiger partial charge >= 0.3 is 0 Å². The van der Waals surface area contributed by atoms with Crippen LogP contribution >= 0.6 is 0 Å². The van der Waals surface area contributed by atoms with Crippen molar-refractivity contribution in [3.05, 3.63) is 23.3 Å². The van der Waals surface area contributed by atoms with E-state index < -0.39 is 10.0 Å². The molecule has 1 saturated heterocycles. The van der Waals surface area contributed by atoms with Gasteiger partial charge < -0.3 is 4.74 Å². The highest BCUT2D eigenvalue weighted by atomic mass is 32.2. The number of sulfonamides is 1. The van der Waals surface area contributed by atoms with E-state index >= 15 is 0 Å². The van der Waals surface area contributed by atoms with E-state index in [0.717, 1.165) is 37.1 Å². The van der Waals surface area contributed by atoms with Crippen molar-refractivity contribution in [2.24, 2.45) is 0 Å². The topological polar surface area (TPSA) is 72.4 Å². The normalized spacial score (nSPS) is 24.7. The van der Waals surface area contributed by atoms with Crippen molar-refractivity contribution in [3.8, 4) is 0 Å². The van der Waals surface area contributed by atoms with Crippen LogP contribution in [0.25, 0.3) is 0 Å². The number of aryl methyl sites for hydroxylation is 2. The summed E-state index contributed by atoms with van der Waals surface area (Å²) in [7, 11) is -3.21. The molecule has 2 aliphatic rings. The predicted molar refractivity (Wildman–Crippen MR) is 82.9 cm³/mol. The molecule has 1 aliphatic heterocycles. The molecule has 1 aliphatic carbocycles. The van der Waals surface area contributed by atoms with Gasteiger partial charge in [-0.1, -0.05) is 12.8 Å². The second-order valence-electron chi connectivity index (χ2n) is 6.15. The van der Waals surface area contributed by atoms with E-state index in [-0.39, 0.29) is 11.4 Å². The first-order valence-corrected chi connectivity index (χ1v) is 9.40. The summed E-state index contributed by atoms with van der Waals surface area (Å²) in [6.07, 6.45) is 3.31. The van der Waals surface area contributed by atoms with Gasteiger partial charge in [-0.25, -0.2) is 18.4 Å². The molecule has 0 unspecified atom stereocenters. The fourth-order valence-corrected chi connectivity index (χ4v) is 5.37. The van der Waals surface area contributed by atoms with Crippen molar-refractivity contribution < 1.29 is 13.2 Å². The van der Waals surface area contributed by atoms with E-state index in [1.807, 2.05) is 19.9 Å². The minimum atomic E-state index is -3.21. The molecule has 2 heterocycles. The maximum atomic E-state index is 12.7. The van der Waals surface area contributed by atoms with E-state index in [9.17, 15) is 8.42 Å². The van der Waals surface area contributed by atoms with Crippen molar-refractivity contribution in [1.29, 1.82) is 0 Å². The fraction of sp³-hybridized carbons (Fsp3) is 0.733. The van der Waals surface area contributed by atoms with Gasteiger partial charge in [0.1, 0.15) is 11.9 Å². The Morgan fingerprint density at radius 1 is 1.23 bits per heavy atom. The Bertz CT molecular complexity index is 621. The minimum absolute atomic E-state index is 0.208. The Balaban J connectivity index is 1.79. The standard InChI is InChI=1S/C15H23N3O3S/c1-11-9-14(17-12(2)16-11)15-10-18(7-8-21-15)22(19,20)13-5-3-4-6-13/h9,13,15H,3-8,10H2,1-2H3/t15-/m0/s1. The van der Waals surface area contributed by atoms with Crippen molar-refractivity contribution in [1.82, 2.24) is 14.3 Å². The number of nitrogens with zero attached hydrogens (tertiary/aromatic N) is 3. The molecule has 1 aromatic heterocycles. The van der Waals surface area contributed by atoms with E-state index in [4.69, 9.17) is 4.74 Å². The van der Waals surface area contributed by atoms with Gasteiger partial charge in [-0.05, 0) is 32.8 Å². The summed E-state index contributed by atoms with van der Waals surface area (Å²) in [6, 6.07) is 1.88. The van der Waals surface area contributed by atoms with E-state index in [1.54, 1.807) is 4.31 Å². The molecule has 7 heteroatoms. The van der Waals surface area contributed by atoms with Gasteiger partial charge in [0, 0.05) is 18.8 Å². The van der Waals surface area contributed by atoms with Crippen molar-refractivity contribution in [2.75, 3.05) is 19.7 Å². The van der Waals surface area contributed by atoms with Crippen LogP contribution in [0.2, 0.25) is 0 Å². The highest BCUT2D eigenvalue weighted by Gasteiger charge is 2.37. The monoisotopic (exact) mass is 325 g/mol. The molecule has 1 aromatic rings. The highest BCUT2D eigenvalue weighted by Crippen LogP contribution is 2.30. The summed E-state index contributed by atoms with van der Waals surface area (Å²) < 4.78 is 32.8. The lowest BCUT2D eigenvalue weighted by Gasteiger charge is -2.33. The fourth-order valence-electron chi connectivity index (χ4n) is 3.34. The molecule has 0 spiro atoms. The van der Waals surface area contributed by atoms with Crippen molar-refractivity contribution in [3.63, 3.8) is 0 Å². The van der Waals surface area contributed by atoms with Crippen molar-refractivity contribution in [2.45, 2.75) is 50.9 Å². The number of hydrogen-bond acceptors (Lipinski definition) is 5. The number of ether oxygens (including phenoxy) is 1. The van der Waals surface area contributed by atoms with E-state index in [1.165, 1.54) is 0 Å². The van der Waals surface area contributed by atoms with E-state index in [0.29, 0.717) is 25.5 Å². The van der Waals surface area contributed by atoms with Crippen LogP contribution in [0.4, 0.5) is 0 Å². The second-order valence-corrected chi connectivity index (χ2v) is 8.36. The van der Waals surface area contributed by atoms with Crippen LogP contribution in [0, 0.1) is 13.8 Å². The quantitative estimate of drug-likeness (QED) is 0.846. The second kappa shape index (κ2) is 6.22. The van der Waals surface area contributed by atoms with Crippen LogP contribution in [-0.2, 0) is 14.8 Å². The van der Waals surface area contributed by atoms with Crippen LogP contribution < -0.4 is 0 Å². The van der Waals surface area contributed by atoms with Gasteiger partial charge in [-0.15, -0.1) is 0 Å². The minimum Gasteiger partial charge on any atom is -0.369 e. The molecule has 1 saturated carbocycles. The zero-order valence-electron chi connectivity index (χ0n) is 13.2. The Kier molecular flexibility index (Phi) is 4.47. The predicted octanol–water partition coefficient (Wildman–Crippen LogP) is 1.74. The lowest BCUT2D eigenvalue weighted by Crippen LogP contribution is -2.45. The zero-order chi connectivity index (χ0) is 15.7. The third kappa shape index (κ3) is 3.16. The number of aromatic nitrogens is 2. The molecule has 0 amide bonds. The first kappa shape index (κ1) is 15.8. The van der Waals surface area contributed by atoms with Gasteiger partial charge in [0.05, 0.1) is 17.6 Å². The maximum absolute atomic E-state index is 12.7. The number of rotatable bonds is 3. The molecule has 0 aromatic carbocycles. The average Bonchev–Trinajstić information content (AvgIpc) is 3.01. The van der Waals surface area contributed by atoms with Crippen LogP contribution in [0.3, 0.4) is 0 Å². The molecular weight excluding hydrogens is 302 g/mol. The average molecular weight is 325 g/mol. The first-order chi connectivity index (χ1) is 10.5. The summed E-state index contributed by atoms with van der Waals surface area (Å²) in [6.45, 7) is 4.96. The van der Waals surface area contributed by atoms with Crippen molar-refractivity contribution >= 4 is 10.0 Å². The molecule has 2 fully saturated rings. The number of morpholine rings is 1. The summed E-state index contributed by atoms with van der Waals surface area (Å²) in [4.78, 5) is 8.68. The summed E-state index contributed by atoms with van der Waals surface area (Å²) in [5.74, 6) is 0.689. The van der Waals surface area contributed by atoms with Gasteiger partial charge in [0.25, 0.3) is 0 Å². The van der Waals surface area contributed by atoms with Gasteiger partial charge in [-0.2, -0.15) is 4.31 Å². The maximum Gasteiger partial charge on any atom is 0.217 e. The molecule has 3 rings (SSSR count). The molecule has 1 atom stereocenters. The highest BCUT2D eigenvalue weighted by molar-refractivity contribution is 7.89. The lowest BCUT2D eigenvalue weighted by atomic mass is 10.2. The van der Waals surface area contributed by atoms with Gasteiger partial charge in [0.15, 0.2) is 0 Å². The Hall–Kier alpha value is -1.05. The molecule has 22 heavy (non-hydrogen) atoms. The van der Waals surface area contributed by atoms with Gasteiger partial charge in [-0.3, -0.25) is 0 Å². The van der Waals surface area contributed by atoms with Crippen LogP contribution in [0.5, 0.6) is 0 Å². The van der Waals surface area contributed by atoms with Crippen LogP contribution in [0.1, 0.15) is 49.0 Å². The van der Waals surface area contributed by atoms with Crippen LogP contribution in [0.15, 0.2) is 6.07 Å². The Morgan fingerprint density at radius 2 is 1.95 bits per heavy atom. The molecule has 6 nitrogen and oxygen atoms in total. The van der Waals surface area contributed by atoms with E-state index in [2.05, 4.69) is 9.97 Å². The molecule has 0 radical (unpaired) electrons. The molecule has 122 valence electrons. The summed E-state index contributed by atoms with van der Waals surface area (Å²) in [5, 5.41) is -0.208. The molecule has 0 N–H and O–H groups in total. The third-order valence-electron chi connectivity index (χ3n) is 4.43. The smallest absolute Gasteiger partial charge is 0.217 e. The lowest BCUT2D eigenvalue weighted by molar-refractivity contribution is -0.00539. The number of hydrogen-bond donors (Lipinski definition) is 0. The molecule has 0 bridgehead atoms. The summed E-state index contributed by atoms with van der Waals surface area (Å²) in [5.41, 5.74) is 1.65. The van der Waals surface area contributed by atoms with Gasteiger partial charge in [0.2, 0.25) is 10.0 Å². The first-order valence-electron chi connectivity index (χ1n) is 7.89. The Labute approximate surface area is 132 Å². The van der Waals surface area contributed by atoms with Crippen LogP contribution in [-0.4, -0.2) is 47.6 Å². The SMILES string of the molecule is Cc1cc([C@@H]2CN(S(=O)(=O)C3CCCC3)CCO2)nc(C)n1. The summed E-state index contributed by atoms with van der Waals surface area (Å²) >= 11 is 0. The zero-order valence-corrected chi connectivity index (χ0v) is 14.0. The Morgan fingerprint density at radius 3 is 2.64 bits per heavy atom. The third-order valence-corrected chi connectivity index (χ3v) is 6.79.